The van der Waals surface area contributed by atoms with E-state index >= 15 is 0 Å². The molecule has 0 atom stereocenters. The van der Waals surface area contributed by atoms with Crippen molar-refractivity contribution in [3.63, 3.8) is 0 Å². The van der Waals surface area contributed by atoms with Crippen LogP contribution in [0.4, 0.5) is 13.2 Å². The highest BCUT2D eigenvalue weighted by molar-refractivity contribution is 5.86. The number of nitrogens with one attached hydrogen (secondary N) is 1. The number of alkyl halides is 3. The molecule has 3 aromatic rings. The molecule has 10 heteroatoms. The number of carbonyl (C=O) groups is 1. The number of hydrogen-bond acceptors (Lipinski definition) is 5. The molecule has 3 aromatic heterocycles. The molecule has 0 bridgehead atoms. The van der Waals surface area contributed by atoms with E-state index in [1.165, 1.54) is 6.20 Å². The number of fused-ring (bicyclic) bond motifs is 1. The average molecular weight is 447 g/mol. The summed E-state index contributed by atoms with van der Waals surface area (Å²) in [5.41, 5.74) is 2.87. The van der Waals surface area contributed by atoms with Gasteiger partial charge in [0.15, 0.2) is 6.61 Å². The van der Waals surface area contributed by atoms with Crippen LogP contribution in [0.15, 0.2) is 30.7 Å². The van der Waals surface area contributed by atoms with Gasteiger partial charge in [0.05, 0.1) is 24.2 Å². The normalized spacial score (nSPS) is 14.2. The van der Waals surface area contributed by atoms with Crippen molar-refractivity contribution in [2.75, 3.05) is 6.61 Å². The number of carbonyl (C=O) groups excluding carboxylic acids is 1. The molecule has 0 saturated heterocycles. The summed E-state index contributed by atoms with van der Waals surface area (Å²) in [4.78, 5) is 20.6. The predicted octanol–water partition coefficient (Wildman–Crippen LogP) is 3.76. The van der Waals surface area contributed by atoms with Crippen LogP contribution in [-0.2, 0) is 17.8 Å². The maximum atomic E-state index is 12.5. The first kappa shape index (κ1) is 22.0. The first-order valence-electron chi connectivity index (χ1n) is 10.5. The summed E-state index contributed by atoms with van der Waals surface area (Å²) in [6, 6.07) is 3.66. The first-order chi connectivity index (χ1) is 15.2. The van der Waals surface area contributed by atoms with Gasteiger partial charge in [0, 0.05) is 35.6 Å². The number of rotatable bonds is 8. The van der Waals surface area contributed by atoms with Crippen molar-refractivity contribution >= 4 is 16.8 Å². The van der Waals surface area contributed by atoms with Gasteiger partial charge < -0.3 is 10.1 Å². The maximum Gasteiger partial charge on any atom is 0.422 e. The fourth-order valence-electron chi connectivity index (χ4n) is 3.54. The molecule has 1 N–H and O–H groups in total. The fourth-order valence-corrected chi connectivity index (χ4v) is 3.54. The summed E-state index contributed by atoms with van der Waals surface area (Å²) in [7, 11) is 0. The number of pyridine rings is 2. The van der Waals surface area contributed by atoms with Gasteiger partial charge in [-0.2, -0.15) is 18.3 Å². The van der Waals surface area contributed by atoms with Gasteiger partial charge in [-0.3, -0.25) is 14.5 Å². The largest absolute Gasteiger partial charge is 0.468 e. The van der Waals surface area contributed by atoms with Gasteiger partial charge in [-0.1, -0.05) is 0 Å². The highest BCUT2D eigenvalue weighted by atomic mass is 19.4. The molecule has 1 amide bonds. The van der Waals surface area contributed by atoms with Gasteiger partial charge in [-0.25, -0.2) is 4.98 Å². The van der Waals surface area contributed by atoms with E-state index in [2.05, 4.69) is 20.4 Å². The molecule has 1 fully saturated rings. The number of halogens is 3. The lowest BCUT2D eigenvalue weighted by atomic mass is 10.1. The Balaban J connectivity index is 1.53. The standard InChI is InChI=1S/C22H24F3N5O2/c1-13(2)28-20(31)8-19-17-11-30(29-18(17)5-6-26-19)10-14-7-16(15-3-4-15)21(27-9-14)32-12-22(23,24)25/h5-7,9,11,13,15H,3-4,8,10,12H2,1-2H3,(H,28,31). The second kappa shape index (κ2) is 8.76. The van der Waals surface area contributed by atoms with Gasteiger partial charge in [-0.05, 0) is 50.3 Å². The quantitative estimate of drug-likeness (QED) is 0.569. The van der Waals surface area contributed by atoms with Gasteiger partial charge in [0.1, 0.15) is 0 Å². The number of nitrogens with zero attached hydrogens (tertiary/aromatic N) is 4. The number of aromatic nitrogens is 4. The Morgan fingerprint density at radius 1 is 1.31 bits per heavy atom. The summed E-state index contributed by atoms with van der Waals surface area (Å²) >= 11 is 0. The van der Waals surface area contributed by atoms with E-state index in [4.69, 9.17) is 4.74 Å². The third kappa shape index (κ3) is 5.54. The molecule has 0 spiro atoms. The SMILES string of the molecule is CC(C)NC(=O)Cc1nccc2nn(Cc3cnc(OCC(F)(F)F)c(C4CC4)c3)cc12. The van der Waals surface area contributed by atoms with E-state index in [-0.39, 0.29) is 30.2 Å². The Morgan fingerprint density at radius 3 is 2.78 bits per heavy atom. The zero-order valence-corrected chi connectivity index (χ0v) is 17.8. The minimum absolute atomic E-state index is 0.0423. The second-order valence-corrected chi connectivity index (χ2v) is 8.33. The summed E-state index contributed by atoms with van der Waals surface area (Å²) < 4.78 is 44.3. The number of hydrogen-bond donors (Lipinski definition) is 1. The van der Waals surface area contributed by atoms with Crippen molar-refractivity contribution < 1.29 is 22.7 Å². The molecule has 170 valence electrons. The third-order valence-electron chi connectivity index (χ3n) is 5.01. The average Bonchev–Trinajstić information content (AvgIpc) is 3.46. The van der Waals surface area contributed by atoms with Crippen LogP contribution in [0.3, 0.4) is 0 Å². The molecule has 7 nitrogen and oxygen atoms in total. The van der Waals surface area contributed by atoms with Crippen LogP contribution in [0.2, 0.25) is 0 Å². The van der Waals surface area contributed by atoms with Gasteiger partial charge in [0.2, 0.25) is 11.8 Å². The van der Waals surface area contributed by atoms with Crippen LogP contribution in [0.25, 0.3) is 10.9 Å². The molecule has 0 unspecified atom stereocenters. The lowest BCUT2D eigenvalue weighted by Gasteiger charge is -2.13. The molecule has 1 aliphatic rings. The van der Waals surface area contributed by atoms with Crippen LogP contribution in [0.1, 0.15) is 49.4 Å². The molecule has 32 heavy (non-hydrogen) atoms. The Bertz CT molecular complexity index is 1120. The van der Waals surface area contributed by atoms with Crippen molar-refractivity contribution in [3.05, 3.63) is 47.5 Å². The molecule has 0 radical (unpaired) electrons. The third-order valence-corrected chi connectivity index (χ3v) is 5.01. The van der Waals surface area contributed by atoms with Crippen molar-refractivity contribution in [2.24, 2.45) is 0 Å². The Labute approximate surface area is 183 Å². The van der Waals surface area contributed by atoms with E-state index < -0.39 is 12.8 Å². The highest BCUT2D eigenvalue weighted by Crippen LogP contribution is 2.44. The molecule has 1 aliphatic carbocycles. The zero-order valence-electron chi connectivity index (χ0n) is 17.8. The Kier molecular flexibility index (Phi) is 6.03. The van der Waals surface area contributed by atoms with Gasteiger partial charge in [-0.15, -0.1) is 0 Å². The molecule has 4 rings (SSSR count). The highest BCUT2D eigenvalue weighted by Gasteiger charge is 2.32. The molecule has 1 saturated carbocycles. The van der Waals surface area contributed by atoms with Crippen LogP contribution in [-0.4, -0.2) is 44.5 Å². The van der Waals surface area contributed by atoms with E-state index in [0.717, 1.165) is 23.8 Å². The van der Waals surface area contributed by atoms with E-state index in [1.807, 2.05) is 26.1 Å². The van der Waals surface area contributed by atoms with E-state index in [9.17, 15) is 18.0 Å². The Morgan fingerprint density at radius 2 is 2.09 bits per heavy atom. The van der Waals surface area contributed by atoms with Gasteiger partial charge >= 0.3 is 6.18 Å². The summed E-state index contributed by atoms with van der Waals surface area (Å²) in [5.74, 6) is 0.111. The predicted molar refractivity (Wildman–Crippen MR) is 111 cm³/mol. The van der Waals surface area contributed by atoms with Crippen LogP contribution < -0.4 is 10.1 Å². The molecule has 0 aliphatic heterocycles. The summed E-state index contributed by atoms with van der Waals surface area (Å²) in [5, 5.41) is 8.19. The fraction of sp³-hybridized carbons (Fsp3) is 0.455. The molecular weight excluding hydrogens is 423 g/mol. The minimum atomic E-state index is -4.41. The zero-order chi connectivity index (χ0) is 22.9. The molecule has 3 heterocycles. The molecule has 0 aromatic carbocycles. The van der Waals surface area contributed by atoms with Crippen LogP contribution in [0, 0.1) is 0 Å². The molecular formula is C22H24F3N5O2. The number of ether oxygens (including phenoxy) is 1. The summed E-state index contributed by atoms with van der Waals surface area (Å²) in [6.07, 6.45) is 2.52. The van der Waals surface area contributed by atoms with Crippen molar-refractivity contribution in [1.29, 1.82) is 0 Å². The van der Waals surface area contributed by atoms with E-state index in [1.54, 1.807) is 16.9 Å². The Hall–Kier alpha value is -3.17. The van der Waals surface area contributed by atoms with Crippen LogP contribution in [0.5, 0.6) is 5.88 Å². The summed E-state index contributed by atoms with van der Waals surface area (Å²) in [6.45, 7) is 2.82. The van der Waals surface area contributed by atoms with E-state index in [0.29, 0.717) is 23.3 Å². The second-order valence-electron chi connectivity index (χ2n) is 8.33. The monoisotopic (exact) mass is 447 g/mol. The number of amides is 1. The topological polar surface area (TPSA) is 81.9 Å². The van der Waals surface area contributed by atoms with Crippen molar-refractivity contribution in [2.45, 2.75) is 57.8 Å². The minimum Gasteiger partial charge on any atom is -0.468 e. The maximum absolute atomic E-state index is 12.5. The lowest BCUT2D eigenvalue weighted by molar-refractivity contribution is -0.154. The first-order valence-corrected chi connectivity index (χ1v) is 10.5. The van der Waals surface area contributed by atoms with Crippen molar-refractivity contribution in [3.8, 4) is 5.88 Å². The lowest BCUT2D eigenvalue weighted by Crippen LogP contribution is -2.31. The van der Waals surface area contributed by atoms with Gasteiger partial charge in [0.25, 0.3) is 0 Å². The smallest absolute Gasteiger partial charge is 0.422 e. The van der Waals surface area contributed by atoms with Crippen molar-refractivity contribution in [1.82, 2.24) is 25.1 Å². The van der Waals surface area contributed by atoms with Crippen LogP contribution >= 0.6 is 0 Å².